The molecule has 194 valence electrons. The fraction of sp³-hybridized carbons (Fsp3) is 0.200. The fourth-order valence-corrected chi connectivity index (χ4v) is 4.10. The number of nitrogens with one attached hydrogen (secondary N) is 1. The number of nitrogens with zero attached hydrogens (tertiary/aromatic N) is 3. The Bertz CT molecular complexity index is 1350. The third kappa shape index (κ3) is 6.22. The van der Waals surface area contributed by atoms with E-state index in [1.54, 1.807) is 7.05 Å². The minimum Gasteiger partial charge on any atom is -0.479 e. The van der Waals surface area contributed by atoms with Gasteiger partial charge in [0.05, 0.1) is 11.8 Å². The minimum absolute atomic E-state index is 0.00121. The lowest BCUT2D eigenvalue weighted by molar-refractivity contribution is -0.165. The number of aliphatic hydroxyl groups is 2. The number of hydrogen-bond acceptors (Lipinski definition) is 9. The highest BCUT2D eigenvalue weighted by molar-refractivity contribution is 7.90. The van der Waals surface area contributed by atoms with Crippen LogP contribution in [0.15, 0.2) is 47.9 Å². The molecular formula is C20H19F3N4O8S. The van der Waals surface area contributed by atoms with E-state index in [-0.39, 0.29) is 17.7 Å². The molecule has 0 spiro atoms. The molecule has 0 aromatic carbocycles. The molecule has 5 N–H and O–H groups in total. The Hall–Kier alpha value is -3.86. The monoisotopic (exact) mass is 532 g/mol. The first-order valence-corrected chi connectivity index (χ1v) is 11.1. The summed E-state index contributed by atoms with van der Waals surface area (Å²) in [5.41, 5.74) is -0.857. The summed E-state index contributed by atoms with van der Waals surface area (Å²) in [6.45, 7) is 0.00460. The van der Waals surface area contributed by atoms with Crippen molar-refractivity contribution in [3.05, 3.63) is 66.1 Å². The SMILES string of the molecule is CNCc1cn(S(=O)(=O)c2cncc(F)c2)c(-c2cccnc2F)c1F.O=C(O)C(O)C(O)C(=O)O. The van der Waals surface area contributed by atoms with Gasteiger partial charge in [-0.1, -0.05) is 0 Å². The van der Waals surface area contributed by atoms with Gasteiger partial charge in [-0.15, -0.1) is 0 Å². The van der Waals surface area contributed by atoms with Crippen LogP contribution in [0.4, 0.5) is 13.2 Å². The van der Waals surface area contributed by atoms with E-state index in [4.69, 9.17) is 20.4 Å². The van der Waals surface area contributed by atoms with Gasteiger partial charge < -0.3 is 25.7 Å². The van der Waals surface area contributed by atoms with Gasteiger partial charge in [-0.2, -0.15) is 4.39 Å². The van der Waals surface area contributed by atoms with Crippen LogP contribution in [0.5, 0.6) is 0 Å². The van der Waals surface area contributed by atoms with E-state index >= 15 is 0 Å². The van der Waals surface area contributed by atoms with Crippen molar-refractivity contribution in [2.75, 3.05) is 7.05 Å². The van der Waals surface area contributed by atoms with Crippen LogP contribution in [-0.4, -0.2) is 74.0 Å². The Morgan fingerprint density at radius 2 is 1.72 bits per heavy atom. The van der Waals surface area contributed by atoms with Crippen molar-refractivity contribution in [1.82, 2.24) is 19.3 Å². The minimum atomic E-state index is -4.43. The van der Waals surface area contributed by atoms with Crippen molar-refractivity contribution >= 4 is 22.0 Å². The summed E-state index contributed by atoms with van der Waals surface area (Å²) in [6, 6.07) is 3.31. The van der Waals surface area contributed by atoms with Crippen LogP contribution in [0.2, 0.25) is 0 Å². The van der Waals surface area contributed by atoms with E-state index in [2.05, 4.69) is 15.3 Å². The predicted octanol–water partition coefficient (Wildman–Crippen LogP) is 0.196. The largest absolute Gasteiger partial charge is 0.479 e. The maximum absolute atomic E-state index is 14.9. The maximum atomic E-state index is 14.9. The second-order valence-corrected chi connectivity index (χ2v) is 8.71. The Kier molecular flexibility index (Phi) is 9.23. The average molecular weight is 532 g/mol. The highest BCUT2D eigenvalue weighted by Gasteiger charge is 2.30. The number of hydrogen-bond donors (Lipinski definition) is 5. The Morgan fingerprint density at radius 1 is 1.11 bits per heavy atom. The summed E-state index contributed by atoms with van der Waals surface area (Å²) in [4.78, 5) is 26.0. The van der Waals surface area contributed by atoms with Gasteiger partial charge in [0.25, 0.3) is 10.0 Å². The molecule has 3 aromatic heterocycles. The van der Waals surface area contributed by atoms with Crippen molar-refractivity contribution in [1.29, 1.82) is 0 Å². The molecule has 0 amide bonds. The first-order chi connectivity index (χ1) is 16.8. The van der Waals surface area contributed by atoms with Crippen LogP contribution in [-0.2, 0) is 26.2 Å². The van der Waals surface area contributed by atoms with Gasteiger partial charge in [0.15, 0.2) is 18.0 Å². The van der Waals surface area contributed by atoms with E-state index in [1.807, 2.05) is 0 Å². The summed E-state index contributed by atoms with van der Waals surface area (Å²) >= 11 is 0. The third-order valence-corrected chi connectivity index (χ3v) is 6.03. The molecular weight excluding hydrogens is 513 g/mol. The molecule has 12 nitrogen and oxygen atoms in total. The molecule has 2 atom stereocenters. The lowest BCUT2D eigenvalue weighted by atomic mass is 10.2. The van der Waals surface area contributed by atoms with Crippen LogP contribution in [0.1, 0.15) is 5.56 Å². The number of rotatable bonds is 8. The Labute approximate surface area is 201 Å². The second kappa shape index (κ2) is 11.7. The summed E-state index contributed by atoms with van der Waals surface area (Å²) < 4.78 is 68.7. The van der Waals surface area contributed by atoms with E-state index in [0.29, 0.717) is 3.97 Å². The number of aliphatic hydroxyl groups excluding tert-OH is 2. The first-order valence-electron chi connectivity index (χ1n) is 9.66. The summed E-state index contributed by atoms with van der Waals surface area (Å²) in [7, 11) is -2.88. The van der Waals surface area contributed by atoms with E-state index < -0.39 is 62.3 Å². The number of carbonyl (C=O) groups is 2. The highest BCUT2D eigenvalue weighted by Crippen LogP contribution is 2.31. The van der Waals surface area contributed by atoms with Crippen molar-refractivity contribution in [3.8, 4) is 11.3 Å². The Morgan fingerprint density at radius 3 is 2.22 bits per heavy atom. The molecule has 0 aliphatic heterocycles. The molecule has 0 saturated carbocycles. The van der Waals surface area contributed by atoms with Crippen LogP contribution < -0.4 is 5.32 Å². The van der Waals surface area contributed by atoms with E-state index in [1.165, 1.54) is 12.1 Å². The number of aliphatic carboxylic acids is 2. The number of carboxylic acid groups (broad SMARTS) is 2. The van der Waals surface area contributed by atoms with Gasteiger partial charge in [-0.3, -0.25) is 4.98 Å². The van der Waals surface area contributed by atoms with Gasteiger partial charge in [0.1, 0.15) is 16.4 Å². The van der Waals surface area contributed by atoms with Crippen molar-refractivity contribution in [2.45, 2.75) is 23.6 Å². The van der Waals surface area contributed by atoms with Gasteiger partial charge in [0, 0.05) is 30.7 Å². The first kappa shape index (κ1) is 28.4. The smallest absolute Gasteiger partial charge is 0.335 e. The molecule has 2 unspecified atom stereocenters. The Balaban J connectivity index is 0.000000388. The molecule has 3 aromatic rings. The molecule has 3 rings (SSSR count). The molecule has 16 heteroatoms. The number of carboxylic acids is 2. The van der Waals surface area contributed by atoms with E-state index in [9.17, 15) is 31.2 Å². The topological polar surface area (TPSA) is 192 Å². The van der Waals surface area contributed by atoms with Crippen LogP contribution in [0, 0.1) is 17.6 Å². The van der Waals surface area contributed by atoms with Crippen molar-refractivity contribution < 1.29 is 51.6 Å². The average Bonchev–Trinajstić information content (AvgIpc) is 3.15. The molecule has 3 heterocycles. The van der Waals surface area contributed by atoms with Crippen LogP contribution >= 0.6 is 0 Å². The zero-order valence-corrected chi connectivity index (χ0v) is 19.0. The molecule has 0 aliphatic carbocycles. The lowest BCUT2D eigenvalue weighted by Gasteiger charge is -2.10. The standard InChI is InChI=1S/C16H13F3N4O2S.C4H6O6/c1-20-6-10-9-23(26(24,25)12-5-11(17)7-21-8-12)15(14(10)18)13-3-2-4-22-16(13)19;5-1(3(7)8)2(6)4(9)10/h2-5,7-9,20H,6H2,1H3;1-2,5-6H,(H,7,8)(H,9,10). The normalized spacial score (nSPS) is 12.8. The van der Waals surface area contributed by atoms with Crippen LogP contribution in [0.3, 0.4) is 0 Å². The second-order valence-electron chi connectivity index (χ2n) is 6.89. The van der Waals surface area contributed by atoms with Gasteiger partial charge in [-0.25, -0.2) is 35.7 Å². The van der Waals surface area contributed by atoms with Gasteiger partial charge in [0.2, 0.25) is 5.95 Å². The maximum Gasteiger partial charge on any atom is 0.335 e. The molecule has 0 fully saturated rings. The van der Waals surface area contributed by atoms with E-state index in [0.717, 1.165) is 30.9 Å². The highest BCUT2D eigenvalue weighted by atomic mass is 32.2. The molecule has 36 heavy (non-hydrogen) atoms. The predicted molar refractivity (Wildman–Crippen MR) is 114 cm³/mol. The lowest BCUT2D eigenvalue weighted by Crippen LogP contribution is -2.39. The quantitative estimate of drug-likeness (QED) is 0.249. The van der Waals surface area contributed by atoms with Crippen LogP contribution in [0.25, 0.3) is 11.3 Å². The zero-order valence-electron chi connectivity index (χ0n) is 18.2. The number of aromatic nitrogens is 3. The van der Waals surface area contributed by atoms with Crippen molar-refractivity contribution in [2.24, 2.45) is 0 Å². The fourth-order valence-electron chi connectivity index (χ4n) is 2.73. The summed E-state index contributed by atoms with van der Waals surface area (Å²) in [5, 5.41) is 35.2. The molecule has 0 radical (unpaired) electrons. The summed E-state index contributed by atoms with van der Waals surface area (Å²) in [5.74, 6) is -6.36. The molecule has 0 saturated heterocycles. The molecule has 0 bridgehead atoms. The summed E-state index contributed by atoms with van der Waals surface area (Å²) in [6.07, 6.45) is -0.590. The number of pyridine rings is 2. The third-order valence-electron chi connectivity index (χ3n) is 4.41. The number of halogens is 3. The van der Waals surface area contributed by atoms with Crippen molar-refractivity contribution in [3.63, 3.8) is 0 Å². The van der Waals surface area contributed by atoms with Gasteiger partial charge >= 0.3 is 11.9 Å². The zero-order chi connectivity index (χ0) is 27.2. The molecule has 0 aliphatic rings. The van der Waals surface area contributed by atoms with Gasteiger partial charge in [-0.05, 0) is 25.2 Å².